The Morgan fingerprint density at radius 1 is 1.60 bits per heavy atom. The second-order valence-electron chi connectivity index (χ2n) is 2.17. The van der Waals surface area contributed by atoms with Gasteiger partial charge in [0.2, 0.25) is 0 Å². The van der Waals surface area contributed by atoms with Crippen molar-refractivity contribution in [2.45, 2.75) is 12.3 Å². The third-order valence-corrected chi connectivity index (χ3v) is 2.47. The van der Waals surface area contributed by atoms with Gasteiger partial charge in [-0.3, -0.25) is 4.79 Å². The Labute approximate surface area is 65.3 Å². The zero-order valence-corrected chi connectivity index (χ0v) is 7.37. The van der Waals surface area contributed by atoms with Crippen molar-refractivity contribution < 1.29 is 13.2 Å². The van der Waals surface area contributed by atoms with Crippen LogP contribution in [0.3, 0.4) is 0 Å². The molecule has 0 rings (SSSR count). The van der Waals surface area contributed by atoms with Gasteiger partial charge in [-0.2, -0.15) is 0 Å². The molecule has 0 aromatic rings. The molecule has 0 aromatic carbocycles. The number of alkyl halides is 1. The van der Waals surface area contributed by atoms with Crippen molar-refractivity contribution in [3.8, 4) is 0 Å². The Kier molecular flexibility index (Phi) is 3.31. The Morgan fingerprint density at radius 2 is 2.00 bits per heavy atom. The van der Waals surface area contributed by atoms with E-state index in [0.717, 1.165) is 6.26 Å². The molecule has 3 nitrogen and oxygen atoms in total. The van der Waals surface area contributed by atoms with Gasteiger partial charge in [-0.1, -0.05) is 0 Å². The smallest absolute Gasteiger partial charge is 0.149 e. The maximum atomic E-state index is 10.5. The molecule has 0 spiro atoms. The first kappa shape index (κ1) is 9.91. The van der Waals surface area contributed by atoms with Crippen LogP contribution in [0.5, 0.6) is 0 Å². The van der Waals surface area contributed by atoms with Gasteiger partial charge in [-0.05, 0) is 6.92 Å². The van der Waals surface area contributed by atoms with Gasteiger partial charge in [0.15, 0.2) is 0 Å². The van der Waals surface area contributed by atoms with Crippen LogP contribution in [0.25, 0.3) is 0 Å². The fourth-order valence-corrected chi connectivity index (χ4v) is 1.84. The van der Waals surface area contributed by atoms with Gasteiger partial charge in [0.25, 0.3) is 0 Å². The molecule has 60 valence electrons. The van der Waals surface area contributed by atoms with Gasteiger partial charge in [0.05, 0.1) is 5.75 Å². The second kappa shape index (κ2) is 3.34. The molecule has 5 heteroatoms. The summed E-state index contributed by atoms with van der Waals surface area (Å²) in [5.74, 6) is -0.587. The predicted molar refractivity (Wildman–Crippen MR) is 40.0 cm³/mol. The number of hydrogen-bond acceptors (Lipinski definition) is 3. The molecule has 0 aliphatic carbocycles. The number of ketones is 1. The van der Waals surface area contributed by atoms with Gasteiger partial charge in [-0.25, -0.2) is 8.42 Å². The normalized spacial score (nSPS) is 14.7. The third kappa shape index (κ3) is 4.76. The number of carbonyl (C=O) groups is 1. The first-order valence-electron chi connectivity index (χ1n) is 2.65. The number of halogens is 1. The van der Waals surface area contributed by atoms with Crippen molar-refractivity contribution in [2.24, 2.45) is 0 Å². The highest BCUT2D eigenvalue weighted by Gasteiger charge is 2.15. The Balaban J connectivity index is 4.06. The van der Waals surface area contributed by atoms with Gasteiger partial charge in [-0.15, -0.1) is 11.6 Å². The molecule has 0 saturated carbocycles. The molecule has 0 aliphatic rings. The molecule has 0 aliphatic heterocycles. The van der Waals surface area contributed by atoms with Crippen LogP contribution >= 0.6 is 11.6 Å². The average Bonchev–Trinajstić information content (AvgIpc) is 1.60. The second-order valence-corrected chi connectivity index (χ2v) is 4.88. The largest absolute Gasteiger partial charge is 0.298 e. The number of rotatable bonds is 3. The Morgan fingerprint density at radius 3 is 2.10 bits per heavy atom. The molecule has 1 atom stereocenters. The molecular weight excluding hydrogens is 176 g/mol. The topological polar surface area (TPSA) is 51.2 Å². The van der Waals surface area contributed by atoms with Crippen molar-refractivity contribution >= 4 is 27.2 Å². The summed E-state index contributed by atoms with van der Waals surface area (Å²) in [6.07, 6.45) is 1.05. The van der Waals surface area contributed by atoms with Gasteiger partial charge in [0.1, 0.15) is 21.0 Å². The molecule has 0 bridgehead atoms. The minimum absolute atomic E-state index is 0.274. The fourth-order valence-electron chi connectivity index (χ4n) is 0.383. The Hall–Kier alpha value is -0.0900. The molecule has 0 heterocycles. The zero-order chi connectivity index (χ0) is 8.36. The lowest BCUT2D eigenvalue weighted by atomic mass is 10.3. The van der Waals surface area contributed by atoms with Gasteiger partial charge < -0.3 is 0 Å². The summed E-state index contributed by atoms with van der Waals surface area (Å²) < 4.78 is 21.0. The van der Waals surface area contributed by atoms with E-state index in [9.17, 15) is 13.2 Å². The first-order valence-corrected chi connectivity index (χ1v) is 5.15. The summed E-state index contributed by atoms with van der Waals surface area (Å²) in [4.78, 5) is 10.4. The molecule has 1 unspecified atom stereocenters. The molecule has 0 aromatic heterocycles. The monoisotopic (exact) mass is 184 g/mol. The highest BCUT2D eigenvalue weighted by molar-refractivity contribution is 7.90. The SMILES string of the molecule is CC(=O)C(Cl)CS(C)(=O)=O. The molecule has 0 fully saturated rings. The lowest BCUT2D eigenvalue weighted by Crippen LogP contribution is -2.21. The molecular formula is C5H9ClO3S. The lowest BCUT2D eigenvalue weighted by molar-refractivity contribution is -0.116. The van der Waals surface area contributed by atoms with E-state index >= 15 is 0 Å². The highest BCUT2D eigenvalue weighted by Crippen LogP contribution is 2.00. The Bertz CT molecular complexity index is 219. The fraction of sp³-hybridized carbons (Fsp3) is 0.800. The van der Waals surface area contributed by atoms with Crippen LogP contribution in [-0.4, -0.2) is 31.6 Å². The van der Waals surface area contributed by atoms with E-state index in [1.165, 1.54) is 6.92 Å². The van der Waals surface area contributed by atoms with E-state index in [2.05, 4.69) is 0 Å². The van der Waals surface area contributed by atoms with Crippen LogP contribution in [0.15, 0.2) is 0 Å². The number of carbonyl (C=O) groups excluding carboxylic acids is 1. The third-order valence-electron chi connectivity index (χ3n) is 0.890. The van der Waals surface area contributed by atoms with E-state index in [0.29, 0.717) is 0 Å². The van der Waals surface area contributed by atoms with E-state index in [-0.39, 0.29) is 11.5 Å². The van der Waals surface area contributed by atoms with Crippen LogP contribution in [0.2, 0.25) is 0 Å². The number of sulfone groups is 1. The summed E-state index contributed by atoms with van der Waals surface area (Å²) in [6, 6.07) is 0. The maximum absolute atomic E-state index is 10.5. The number of hydrogen-bond donors (Lipinski definition) is 0. The van der Waals surface area contributed by atoms with Crippen molar-refractivity contribution in [3.63, 3.8) is 0 Å². The summed E-state index contributed by atoms with van der Waals surface area (Å²) >= 11 is 5.37. The molecule has 0 saturated heterocycles. The minimum atomic E-state index is -3.12. The highest BCUT2D eigenvalue weighted by atomic mass is 35.5. The first-order chi connectivity index (χ1) is 4.33. The van der Waals surface area contributed by atoms with E-state index < -0.39 is 15.2 Å². The summed E-state index contributed by atoms with van der Waals surface area (Å²) in [5, 5.41) is -0.894. The standard InChI is InChI=1S/C5H9ClO3S/c1-4(7)5(6)3-10(2,8)9/h5H,3H2,1-2H3. The van der Waals surface area contributed by atoms with Crippen molar-refractivity contribution in [1.82, 2.24) is 0 Å². The van der Waals surface area contributed by atoms with Crippen LogP contribution in [0.1, 0.15) is 6.92 Å². The van der Waals surface area contributed by atoms with Gasteiger partial charge in [0, 0.05) is 6.26 Å². The summed E-state index contributed by atoms with van der Waals surface area (Å²) in [7, 11) is -3.12. The van der Waals surface area contributed by atoms with Crippen molar-refractivity contribution in [3.05, 3.63) is 0 Å². The molecule has 0 N–H and O–H groups in total. The predicted octanol–water partition coefficient (Wildman–Crippen LogP) is 0.227. The van der Waals surface area contributed by atoms with Crippen LogP contribution in [0.4, 0.5) is 0 Å². The minimum Gasteiger partial charge on any atom is -0.298 e. The maximum Gasteiger partial charge on any atom is 0.149 e. The van der Waals surface area contributed by atoms with Crippen LogP contribution in [0, 0.1) is 0 Å². The van der Waals surface area contributed by atoms with Gasteiger partial charge >= 0.3 is 0 Å². The summed E-state index contributed by atoms with van der Waals surface area (Å²) in [6.45, 7) is 1.27. The van der Waals surface area contributed by atoms with Crippen molar-refractivity contribution in [1.29, 1.82) is 0 Å². The van der Waals surface area contributed by atoms with Crippen LogP contribution in [-0.2, 0) is 14.6 Å². The quantitative estimate of drug-likeness (QED) is 0.590. The molecule has 0 radical (unpaired) electrons. The summed E-state index contributed by atoms with van der Waals surface area (Å²) in [5.41, 5.74) is 0. The van der Waals surface area contributed by atoms with E-state index in [1.807, 2.05) is 0 Å². The van der Waals surface area contributed by atoms with Crippen molar-refractivity contribution in [2.75, 3.05) is 12.0 Å². The van der Waals surface area contributed by atoms with Crippen LogP contribution < -0.4 is 0 Å². The molecule has 0 amide bonds. The molecule has 10 heavy (non-hydrogen) atoms. The average molecular weight is 185 g/mol. The number of Topliss-reactive ketones (excluding diaryl/α,β-unsaturated/α-hetero) is 1. The zero-order valence-electron chi connectivity index (χ0n) is 5.80. The van der Waals surface area contributed by atoms with E-state index in [1.54, 1.807) is 0 Å². The lowest BCUT2D eigenvalue weighted by Gasteiger charge is -2.01. The van der Waals surface area contributed by atoms with E-state index in [4.69, 9.17) is 11.6 Å².